The molecule has 0 bridgehead atoms. The Morgan fingerprint density at radius 3 is 2.16 bits per heavy atom. The maximum absolute atomic E-state index is 11.6. The fourth-order valence-electron chi connectivity index (χ4n) is 1.92. The van der Waals surface area contributed by atoms with Gasteiger partial charge in [-0.15, -0.1) is 0 Å². The van der Waals surface area contributed by atoms with Crippen molar-refractivity contribution in [3.63, 3.8) is 0 Å². The fraction of sp³-hybridized carbons (Fsp3) is 0.250. The number of ether oxygens (including phenoxy) is 1. The van der Waals surface area contributed by atoms with E-state index in [1.807, 2.05) is 57.2 Å². The van der Waals surface area contributed by atoms with Crippen LogP contribution in [0.4, 0.5) is 5.69 Å². The summed E-state index contributed by atoms with van der Waals surface area (Å²) in [6, 6.07) is 7.59. The zero-order chi connectivity index (χ0) is 13.8. The largest absolute Gasteiger partial charge is 0.494 e. The highest BCUT2D eigenvalue weighted by atomic mass is 16.5. The van der Waals surface area contributed by atoms with E-state index >= 15 is 0 Å². The predicted octanol–water partition coefficient (Wildman–Crippen LogP) is 3.63. The normalized spacial score (nSPS) is 14.9. The maximum atomic E-state index is 11.6. The third kappa shape index (κ3) is 3.19. The van der Waals surface area contributed by atoms with Gasteiger partial charge >= 0.3 is 0 Å². The first-order chi connectivity index (χ1) is 9.10. The van der Waals surface area contributed by atoms with Gasteiger partial charge in [0.2, 0.25) is 0 Å². The quantitative estimate of drug-likeness (QED) is 0.773. The molecule has 0 atom stereocenters. The number of rotatable bonds is 3. The van der Waals surface area contributed by atoms with Crippen molar-refractivity contribution < 1.29 is 9.53 Å². The minimum atomic E-state index is 0.0886. The van der Waals surface area contributed by atoms with Crippen LogP contribution < -0.4 is 4.74 Å². The van der Waals surface area contributed by atoms with Gasteiger partial charge in [0.15, 0.2) is 5.78 Å². The summed E-state index contributed by atoms with van der Waals surface area (Å²) in [7, 11) is 0. The Kier molecular flexibility index (Phi) is 3.95. The van der Waals surface area contributed by atoms with Crippen molar-refractivity contribution in [3.8, 4) is 5.75 Å². The van der Waals surface area contributed by atoms with Crippen molar-refractivity contribution in [1.29, 1.82) is 0 Å². The van der Waals surface area contributed by atoms with Crippen molar-refractivity contribution in [2.75, 3.05) is 6.61 Å². The molecule has 0 spiro atoms. The van der Waals surface area contributed by atoms with E-state index in [1.165, 1.54) is 0 Å². The number of carbonyl (C=O) groups is 1. The summed E-state index contributed by atoms with van der Waals surface area (Å²) >= 11 is 0. The summed E-state index contributed by atoms with van der Waals surface area (Å²) in [4.78, 5) is 16.1. The first kappa shape index (κ1) is 13.3. The second kappa shape index (κ2) is 5.65. The number of ketones is 1. The molecule has 1 aliphatic rings. The van der Waals surface area contributed by atoms with E-state index in [4.69, 9.17) is 4.74 Å². The van der Waals surface area contributed by atoms with E-state index in [9.17, 15) is 4.79 Å². The van der Waals surface area contributed by atoms with Crippen LogP contribution in [0.1, 0.15) is 20.8 Å². The third-order valence-electron chi connectivity index (χ3n) is 2.85. The highest BCUT2D eigenvalue weighted by Gasteiger charge is 2.13. The van der Waals surface area contributed by atoms with E-state index in [1.54, 1.807) is 0 Å². The van der Waals surface area contributed by atoms with Crippen LogP contribution in [0, 0.1) is 0 Å². The molecule has 1 aromatic rings. The van der Waals surface area contributed by atoms with E-state index in [0.29, 0.717) is 6.61 Å². The van der Waals surface area contributed by atoms with E-state index in [0.717, 1.165) is 28.3 Å². The van der Waals surface area contributed by atoms with Crippen LogP contribution in [0.5, 0.6) is 5.75 Å². The summed E-state index contributed by atoms with van der Waals surface area (Å²) in [6.07, 6.45) is 3.62. The highest BCUT2D eigenvalue weighted by Crippen LogP contribution is 2.20. The number of benzene rings is 1. The number of Topliss-reactive ketones (excluding diaryl/α,β-unsaturated/α-hetero) is 1. The molecule has 0 radical (unpaired) electrons. The Balaban J connectivity index is 2.24. The zero-order valence-electron chi connectivity index (χ0n) is 11.4. The van der Waals surface area contributed by atoms with Gasteiger partial charge in [-0.3, -0.25) is 4.79 Å². The fourth-order valence-corrected chi connectivity index (χ4v) is 1.92. The van der Waals surface area contributed by atoms with Crippen LogP contribution in [0.3, 0.4) is 0 Å². The number of hydrogen-bond donors (Lipinski definition) is 0. The molecule has 0 aromatic heterocycles. The Labute approximate surface area is 113 Å². The average molecular weight is 255 g/mol. The monoisotopic (exact) mass is 255 g/mol. The first-order valence-electron chi connectivity index (χ1n) is 6.33. The smallest absolute Gasteiger partial charge is 0.184 e. The Hall–Kier alpha value is -2.16. The summed E-state index contributed by atoms with van der Waals surface area (Å²) < 4.78 is 5.38. The van der Waals surface area contributed by atoms with Gasteiger partial charge in [0.05, 0.1) is 18.0 Å². The molecule has 0 saturated carbocycles. The lowest BCUT2D eigenvalue weighted by Gasteiger charge is -2.09. The van der Waals surface area contributed by atoms with Gasteiger partial charge in [0.1, 0.15) is 5.75 Å². The highest BCUT2D eigenvalue weighted by molar-refractivity contribution is 6.21. The molecule has 2 rings (SSSR count). The van der Waals surface area contributed by atoms with Gasteiger partial charge in [-0.05, 0) is 68.3 Å². The molecule has 0 fully saturated rings. The summed E-state index contributed by atoms with van der Waals surface area (Å²) in [5, 5.41) is 0. The molecule has 0 aliphatic heterocycles. The lowest BCUT2D eigenvalue weighted by Crippen LogP contribution is -2.10. The van der Waals surface area contributed by atoms with Gasteiger partial charge in [0.25, 0.3) is 0 Å². The third-order valence-corrected chi connectivity index (χ3v) is 2.85. The second-order valence-corrected chi connectivity index (χ2v) is 4.45. The average Bonchev–Trinajstić information content (AvgIpc) is 2.38. The molecular formula is C16H17NO2. The van der Waals surface area contributed by atoms with E-state index in [-0.39, 0.29) is 5.78 Å². The van der Waals surface area contributed by atoms with Crippen molar-refractivity contribution in [2.45, 2.75) is 20.8 Å². The number of allylic oxidation sites excluding steroid dienone is 4. The SMILES string of the molecule is CCOc1ccc(N=C2C=C(C)C(=O)C(C)=C2)cc1. The summed E-state index contributed by atoms with van der Waals surface area (Å²) in [5.41, 5.74) is 3.11. The minimum Gasteiger partial charge on any atom is -0.494 e. The topological polar surface area (TPSA) is 38.7 Å². The number of carbonyl (C=O) groups excluding carboxylic acids is 1. The van der Waals surface area contributed by atoms with Crippen molar-refractivity contribution >= 4 is 17.2 Å². The molecular weight excluding hydrogens is 238 g/mol. The minimum absolute atomic E-state index is 0.0886. The number of aliphatic imine (C=N–C) groups is 1. The van der Waals surface area contributed by atoms with Crippen LogP contribution in [0.2, 0.25) is 0 Å². The Morgan fingerprint density at radius 2 is 1.63 bits per heavy atom. The molecule has 0 unspecified atom stereocenters. The van der Waals surface area contributed by atoms with Gasteiger partial charge in [0, 0.05) is 0 Å². The zero-order valence-corrected chi connectivity index (χ0v) is 11.4. The van der Waals surface area contributed by atoms with Crippen molar-refractivity contribution in [3.05, 3.63) is 47.6 Å². The van der Waals surface area contributed by atoms with Crippen molar-refractivity contribution in [1.82, 2.24) is 0 Å². The van der Waals surface area contributed by atoms with Crippen LogP contribution in [-0.2, 0) is 4.79 Å². The van der Waals surface area contributed by atoms with Crippen LogP contribution >= 0.6 is 0 Å². The van der Waals surface area contributed by atoms with Crippen molar-refractivity contribution in [2.24, 2.45) is 4.99 Å². The summed E-state index contributed by atoms with van der Waals surface area (Å²) in [5.74, 6) is 0.925. The van der Waals surface area contributed by atoms with Gasteiger partial charge in [-0.2, -0.15) is 0 Å². The van der Waals surface area contributed by atoms with E-state index < -0.39 is 0 Å². The number of nitrogens with zero attached hydrogens (tertiary/aromatic N) is 1. The molecule has 1 aliphatic carbocycles. The number of hydrogen-bond acceptors (Lipinski definition) is 3. The standard InChI is InChI=1S/C16H17NO2/c1-4-19-15-7-5-13(6-8-15)17-14-9-11(2)16(18)12(3)10-14/h5-10H,4H2,1-3H3. The molecule has 3 nitrogen and oxygen atoms in total. The summed E-state index contributed by atoms with van der Waals surface area (Å²) in [6.45, 7) is 6.23. The molecule has 0 N–H and O–H groups in total. The van der Waals surface area contributed by atoms with Gasteiger partial charge < -0.3 is 4.74 Å². The van der Waals surface area contributed by atoms with Gasteiger partial charge in [-0.25, -0.2) is 4.99 Å². The lowest BCUT2D eigenvalue weighted by molar-refractivity contribution is -0.112. The molecule has 3 heteroatoms. The van der Waals surface area contributed by atoms with Crippen LogP contribution in [-0.4, -0.2) is 18.1 Å². The van der Waals surface area contributed by atoms with Crippen LogP contribution in [0.15, 0.2) is 52.6 Å². The molecule has 0 saturated heterocycles. The Morgan fingerprint density at radius 1 is 1.05 bits per heavy atom. The maximum Gasteiger partial charge on any atom is 0.184 e. The second-order valence-electron chi connectivity index (χ2n) is 4.45. The first-order valence-corrected chi connectivity index (χ1v) is 6.33. The molecule has 0 amide bonds. The van der Waals surface area contributed by atoms with Gasteiger partial charge in [-0.1, -0.05) is 0 Å². The van der Waals surface area contributed by atoms with E-state index in [2.05, 4.69) is 4.99 Å². The molecule has 1 aromatic carbocycles. The Bertz CT molecular complexity index is 553. The lowest BCUT2D eigenvalue weighted by atomic mass is 9.98. The molecule has 0 heterocycles. The molecule has 19 heavy (non-hydrogen) atoms. The van der Waals surface area contributed by atoms with Crippen LogP contribution in [0.25, 0.3) is 0 Å². The molecule has 98 valence electrons. The predicted molar refractivity (Wildman–Crippen MR) is 77.2 cm³/mol.